The van der Waals surface area contributed by atoms with Gasteiger partial charge >= 0.3 is 0 Å². The summed E-state index contributed by atoms with van der Waals surface area (Å²) in [5.41, 5.74) is 6.27. The Kier molecular flexibility index (Phi) is 3.15. The summed E-state index contributed by atoms with van der Waals surface area (Å²) >= 11 is 1.44. The number of hydrogen-bond acceptors (Lipinski definition) is 5. The van der Waals surface area contributed by atoms with Crippen LogP contribution in [0, 0.1) is 0 Å². The number of benzene rings is 1. The molecule has 6 heteroatoms. The number of amides is 1. The number of hydrogen-bond donors (Lipinski definition) is 2. The zero-order valence-electron chi connectivity index (χ0n) is 8.71. The van der Waals surface area contributed by atoms with E-state index in [1.54, 1.807) is 30.5 Å². The molecule has 0 saturated heterocycles. The van der Waals surface area contributed by atoms with Gasteiger partial charge in [0.1, 0.15) is 0 Å². The molecule has 0 atom stereocenters. The second-order valence-electron chi connectivity index (χ2n) is 3.20. The Bertz CT molecular complexity index is 552. The maximum absolute atomic E-state index is 11.0. The Labute approximate surface area is 101 Å². The minimum atomic E-state index is -0.536. The van der Waals surface area contributed by atoms with Crippen LogP contribution < -0.4 is 11.1 Å². The number of Topliss-reactive ketones (excluding diaryl/α,β-unsaturated/α-hetero) is 1. The van der Waals surface area contributed by atoms with E-state index in [9.17, 15) is 9.59 Å². The first-order valence-electron chi connectivity index (χ1n) is 4.78. The van der Waals surface area contributed by atoms with E-state index in [0.717, 1.165) is 0 Å². The average Bonchev–Trinajstić information content (AvgIpc) is 2.90. The maximum atomic E-state index is 11.0. The van der Waals surface area contributed by atoms with Gasteiger partial charge in [-0.05, 0) is 12.1 Å². The third-order valence-electron chi connectivity index (χ3n) is 2.08. The number of nitrogens with one attached hydrogen (secondary N) is 1. The number of nitrogen functional groups attached to an aromatic ring is 1. The van der Waals surface area contributed by atoms with Gasteiger partial charge in [0.25, 0.3) is 11.7 Å². The fourth-order valence-electron chi connectivity index (χ4n) is 1.33. The molecule has 0 unspecified atom stereocenters. The smallest absolute Gasteiger partial charge is 0.296 e. The Balaban J connectivity index is 0.000000153. The first-order valence-corrected chi connectivity index (χ1v) is 5.66. The van der Waals surface area contributed by atoms with Crippen molar-refractivity contribution in [1.29, 1.82) is 0 Å². The summed E-state index contributed by atoms with van der Waals surface area (Å²) < 4.78 is 0. The summed E-state index contributed by atoms with van der Waals surface area (Å²) in [5, 5.41) is 4.94. The molecule has 1 aromatic carbocycles. The molecule has 0 spiro atoms. The molecule has 5 nitrogen and oxygen atoms in total. The van der Waals surface area contributed by atoms with Crippen molar-refractivity contribution in [2.24, 2.45) is 0 Å². The van der Waals surface area contributed by atoms with Gasteiger partial charge in [-0.25, -0.2) is 4.98 Å². The molecule has 0 saturated carbocycles. The van der Waals surface area contributed by atoms with Crippen molar-refractivity contribution in [2.45, 2.75) is 0 Å². The largest absolute Gasteiger partial charge is 0.375 e. The van der Waals surface area contributed by atoms with Gasteiger partial charge in [-0.3, -0.25) is 9.59 Å². The quantitative estimate of drug-likeness (QED) is 0.691. The molecule has 1 aromatic heterocycles. The predicted octanol–water partition coefficient (Wildman–Crippen LogP) is 1.55. The summed E-state index contributed by atoms with van der Waals surface area (Å²) in [5.74, 6) is -0.980. The lowest BCUT2D eigenvalue weighted by molar-refractivity contribution is -0.112. The number of para-hydroxylation sites is 1. The Hall–Kier alpha value is -2.21. The average molecular weight is 247 g/mol. The lowest BCUT2D eigenvalue weighted by Crippen LogP contribution is -2.12. The van der Waals surface area contributed by atoms with Crippen molar-refractivity contribution >= 4 is 33.8 Å². The second kappa shape index (κ2) is 4.75. The molecule has 0 fully saturated rings. The molecular weight excluding hydrogens is 238 g/mol. The number of nitrogens with zero attached hydrogens (tertiary/aromatic N) is 1. The minimum absolute atomic E-state index is 0.444. The van der Waals surface area contributed by atoms with E-state index in [-0.39, 0.29) is 0 Å². The van der Waals surface area contributed by atoms with Gasteiger partial charge in [0, 0.05) is 11.6 Å². The number of rotatable bonds is 0. The predicted molar refractivity (Wildman–Crippen MR) is 65.9 cm³/mol. The van der Waals surface area contributed by atoms with E-state index in [4.69, 9.17) is 5.73 Å². The van der Waals surface area contributed by atoms with E-state index >= 15 is 0 Å². The van der Waals surface area contributed by atoms with Crippen molar-refractivity contribution < 1.29 is 9.59 Å². The molecule has 1 amide bonds. The van der Waals surface area contributed by atoms with E-state index in [1.165, 1.54) is 11.3 Å². The number of carbonyl (C=O) groups is 2. The number of ketones is 1. The van der Waals surface area contributed by atoms with Gasteiger partial charge in [-0.1, -0.05) is 12.1 Å². The van der Waals surface area contributed by atoms with Gasteiger partial charge < -0.3 is 11.1 Å². The lowest BCUT2D eigenvalue weighted by atomic mass is 10.1. The maximum Gasteiger partial charge on any atom is 0.296 e. The number of aromatic nitrogens is 1. The van der Waals surface area contributed by atoms with Gasteiger partial charge in [0.2, 0.25) is 0 Å². The summed E-state index contributed by atoms with van der Waals surface area (Å²) in [4.78, 5) is 25.5. The standard InChI is InChI=1S/C8H5NO2.C3H4N2S/c10-7-5-3-1-2-4-6(5)9-8(7)11;4-3-5-1-2-6-3/h1-4H,(H,9,10,11);1-2H,(H2,4,5). The third-order valence-corrected chi connectivity index (χ3v) is 2.68. The van der Waals surface area contributed by atoms with Gasteiger partial charge in [0.15, 0.2) is 5.13 Å². The number of anilines is 2. The fraction of sp³-hybridized carbons (Fsp3) is 0. The van der Waals surface area contributed by atoms with Crippen molar-refractivity contribution in [2.75, 3.05) is 11.1 Å². The first-order chi connectivity index (χ1) is 8.18. The van der Waals surface area contributed by atoms with Crippen LogP contribution in [0.15, 0.2) is 35.8 Å². The molecular formula is C11H9N3O2S. The Morgan fingerprint density at radius 1 is 1.24 bits per heavy atom. The molecule has 0 radical (unpaired) electrons. The molecule has 17 heavy (non-hydrogen) atoms. The van der Waals surface area contributed by atoms with Crippen LogP contribution in [0.4, 0.5) is 10.8 Å². The van der Waals surface area contributed by atoms with Gasteiger partial charge in [-0.15, -0.1) is 11.3 Å². The summed E-state index contributed by atoms with van der Waals surface area (Å²) in [6.45, 7) is 0. The SMILES string of the molecule is Nc1nccs1.O=C1Nc2ccccc2C1=O. The topological polar surface area (TPSA) is 85.1 Å². The zero-order valence-corrected chi connectivity index (χ0v) is 9.53. The molecule has 1 aliphatic rings. The van der Waals surface area contributed by atoms with Crippen molar-refractivity contribution in [3.05, 3.63) is 41.4 Å². The highest BCUT2D eigenvalue weighted by atomic mass is 32.1. The molecule has 1 aliphatic heterocycles. The highest BCUT2D eigenvalue weighted by Crippen LogP contribution is 2.21. The van der Waals surface area contributed by atoms with Gasteiger partial charge in [-0.2, -0.15) is 0 Å². The zero-order chi connectivity index (χ0) is 12.3. The molecule has 0 bridgehead atoms. The van der Waals surface area contributed by atoms with Crippen molar-refractivity contribution in [1.82, 2.24) is 4.98 Å². The van der Waals surface area contributed by atoms with Crippen molar-refractivity contribution in [3.8, 4) is 0 Å². The van der Waals surface area contributed by atoms with Crippen LogP contribution in [0.5, 0.6) is 0 Å². The molecule has 0 aliphatic carbocycles. The highest BCUT2D eigenvalue weighted by molar-refractivity contribution is 7.13. The van der Waals surface area contributed by atoms with Crippen LogP contribution in [-0.2, 0) is 4.79 Å². The van der Waals surface area contributed by atoms with E-state index in [1.807, 2.05) is 5.38 Å². The fourth-order valence-corrected chi connectivity index (χ4v) is 1.71. The van der Waals surface area contributed by atoms with Crippen LogP contribution in [0.2, 0.25) is 0 Å². The number of fused-ring (bicyclic) bond motifs is 1. The normalized spacial score (nSPS) is 12.5. The monoisotopic (exact) mass is 247 g/mol. The van der Waals surface area contributed by atoms with E-state index in [2.05, 4.69) is 10.3 Å². The van der Waals surface area contributed by atoms with Crippen LogP contribution in [0.25, 0.3) is 0 Å². The molecule has 86 valence electrons. The second-order valence-corrected chi connectivity index (χ2v) is 4.13. The Morgan fingerprint density at radius 2 is 2.00 bits per heavy atom. The Morgan fingerprint density at radius 3 is 2.53 bits per heavy atom. The highest BCUT2D eigenvalue weighted by Gasteiger charge is 2.26. The summed E-state index contributed by atoms with van der Waals surface area (Å²) in [6, 6.07) is 6.85. The van der Waals surface area contributed by atoms with E-state index in [0.29, 0.717) is 16.4 Å². The molecule has 3 rings (SSSR count). The van der Waals surface area contributed by atoms with E-state index < -0.39 is 11.7 Å². The number of carbonyl (C=O) groups excluding carboxylic acids is 2. The molecule has 3 N–H and O–H groups in total. The number of nitrogens with two attached hydrogens (primary N) is 1. The first kappa shape index (κ1) is 11.3. The van der Waals surface area contributed by atoms with Crippen molar-refractivity contribution in [3.63, 3.8) is 0 Å². The van der Waals surface area contributed by atoms with Crippen LogP contribution in [0.3, 0.4) is 0 Å². The number of thiazole rings is 1. The van der Waals surface area contributed by atoms with Crippen LogP contribution >= 0.6 is 11.3 Å². The lowest BCUT2D eigenvalue weighted by Gasteiger charge is -1.91. The van der Waals surface area contributed by atoms with Gasteiger partial charge in [0.05, 0.1) is 11.3 Å². The third kappa shape index (κ3) is 2.48. The summed E-state index contributed by atoms with van der Waals surface area (Å²) in [7, 11) is 0. The minimum Gasteiger partial charge on any atom is -0.375 e. The summed E-state index contributed by atoms with van der Waals surface area (Å²) in [6.07, 6.45) is 1.68. The molecule has 2 heterocycles. The molecule has 2 aromatic rings. The van der Waals surface area contributed by atoms with Crippen LogP contribution in [0.1, 0.15) is 10.4 Å². The van der Waals surface area contributed by atoms with Crippen LogP contribution in [-0.4, -0.2) is 16.7 Å².